The Labute approximate surface area is 238 Å². The third-order valence-corrected chi connectivity index (χ3v) is 7.36. The van der Waals surface area contributed by atoms with Gasteiger partial charge in [0.2, 0.25) is 5.91 Å². The van der Waals surface area contributed by atoms with Crippen molar-refractivity contribution in [3.05, 3.63) is 46.9 Å². The van der Waals surface area contributed by atoms with Gasteiger partial charge in [0.15, 0.2) is 11.4 Å². The minimum absolute atomic E-state index is 0.0175. The lowest BCUT2D eigenvalue weighted by atomic mass is 10.0. The van der Waals surface area contributed by atoms with E-state index in [-0.39, 0.29) is 41.3 Å². The van der Waals surface area contributed by atoms with E-state index in [9.17, 15) is 24.3 Å². The molecule has 214 valence electrons. The van der Waals surface area contributed by atoms with Crippen LogP contribution in [0.15, 0.2) is 40.5 Å². The largest absolute Gasteiger partial charge is 0.366 e. The van der Waals surface area contributed by atoms with E-state index in [1.807, 2.05) is 20.1 Å². The Morgan fingerprint density at radius 1 is 1.21 bits per heavy atom. The van der Waals surface area contributed by atoms with Gasteiger partial charge in [0, 0.05) is 17.6 Å². The number of ether oxygens (including phenoxy) is 1. The molecule has 1 aliphatic rings. The molecular formula is C27H38N4O6S2. The molecule has 2 heterocycles. The predicted molar refractivity (Wildman–Crippen MR) is 153 cm³/mol. The molecule has 39 heavy (non-hydrogen) atoms. The number of allylic oxidation sites excluding steroid dienone is 2. The van der Waals surface area contributed by atoms with E-state index in [0.29, 0.717) is 28.3 Å². The quantitative estimate of drug-likeness (QED) is 0.173. The van der Waals surface area contributed by atoms with Crippen molar-refractivity contribution in [2.45, 2.75) is 77.3 Å². The number of hydrogen-bond acceptors (Lipinski definition) is 9. The number of nitrogens with one attached hydrogen (secondary N) is 3. The van der Waals surface area contributed by atoms with Gasteiger partial charge in [-0.05, 0) is 50.1 Å². The van der Waals surface area contributed by atoms with Crippen LogP contribution in [0.3, 0.4) is 0 Å². The SMILES string of the molecule is CSc1ccc2nc1C(=O)NC(=C(C)C)C(=O)N[C@@H](C(C)C)C(O)O[C@H](/C=C/CCSC(C)=O)CC(=O)NC2. The molecule has 0 aromatic carbocycles. The molecule has 0 saturated carbocycles. The van der Waals surface area contributed by atoms with E-state index in [4.69, 9.17) is 4.74 Å². The van der Waals surface area contributed by atoms with Crippen LogP contribution in [-0.4, -0.2) is 63.4 Å². The highest BCUT2D eigenvalue weighted by atomic mass is 32.2. The average molecular weight is 579 g/mol. The van der Waals surface area contributed by atoms with Crippen LogP contribution in [0.1, 0.15) is 63.6 Å². The molecule has 0 radical (unpaired) electrons. The molecule has 3 atom stereocenters. The number of fused-ring (bicyclic) bond motifs is 2. The number of aliphatic hydroxyl groups excluding tert-OH is 1. The van der Waals surface area contributed by atoms with Gasteiger partial charge in [-0.3, -0.25) is 19.2 Å². The molecule has 12 heteroatoms. The van der Waals surface area contributed by atoms with Crippen LogP contribution in [-0.2, 0) is 25.7 Å². The lowest BCUT2D eigenvalue weighted by molar-refractivity contribution is -0.157. The fraction of sp³-hybridized carbons (Fsp3) is 0.519. The van der Waals surface area contributed by atoms with Crippen molar-refractivity contribution < 1.29 is 29.0 Å². The summed E-state index contributed by atoms with van der Waals surface area (Å²) in [5.74, 6) is -1.15. The molecule has 1 aromatic heterocycles. The Kier molecular flexibility index (Phi) is 13.2. The molecule has 0 aliphatic carbocycles. The first kappa shape index (κ1) is 32.5. The molecule has 1 aromatic rings. The summed E-state index contributed by atoms with van der Waals surface area (Å²) in [6, 6.07) is 2.63. The summed E-state index contributed by atoms with van der Waals surface area (Å²) in [6.45, 7) is 8.60. The lowest BCUT2D eigenvalue weighted by Gasteiger charge is -2.30. The zero-order chi connectivity index (χ0) is 29.1. The van der Waals surface area contributed by atoms with E-state index in [1.165, 1.54) is 30.4 Å². The maximum atomic E-state index is 13.3. The highest BCUT2D eigenvalue weighted by Crippen LogP contribution is 2.21. The third kappa shape index (κ3) is 10.4. The fourth-order valence-electron chi connectivity index (χ4n) is 3.67. The number of rotatable bonds is 6. The van der Waals surface area contributed by atoms with Gasteiger partial charge in [0.1, 0.15) is 11.4 Å². The molecule has 0 spiro atoms. The minimum atomic E-state index is -1.44. The summed E-state index contributed by atoms with van der Waals surface area (Å²) >= 11 is 2.54. The maximum absolute atomic E-state index is 13.3. The van der Waals surface area contributed by atoms with Crippen LogP contribution in [0, 0.1) is 5.92 Å². The Hall–Kier alpha value is -2.67. The van der Waals surface area contributed by atoms with E-state index in [1.54, 1.807) is 38.1 Å². The Morgan fingerprint density at radius 3 is 2.54 bits per heavy atom. The van der Waals surface area contributed by atoms with Gasteiger partial charge in [-0.2, -0.15) is 0 Å². The zero-order valence-electron chi connectivity index (χ0n) is 23.2. The normalized spacial score (nSPS) is 21.5. The molecule has 2 rings (SSSR count). The number of thioether (sulfide) groups is 2. The summed E-state index contributed by atoms with van der Waals surface area (Å²) in [4.78, 5) is 55.5. The molecule has 0 saturated heterocycles. The number of hydrogen-bond donors (Lipinski definition) is 4. The van der Waals surface area contributed by atoms with Gasteiger partial charge in [0.25, 0.3) is 11.8 Å². The molecule has 1 aliphatic heterocycles. The van der Waals surface area contributed by atoms with Crippen LogP contribution < -0.4 is 16.0 Å². The Bertz CT molecular complexity index is 1120. The molecule has 4 N–H and O–H groups in total. The second-order valence-corrected chi connectivity index (χ2v) is 11.6. The second-order valence-electron chi connectivity index (χ2n) is 9.53. The number of carbonyl (C=O) groups is 4. The molecular weight excluding hydrogens is 540 g/mol. The summed E-state index contributed by atoms with van der Waals surface area (Å²) in [6.07, 6.45) is 3.54. The van der Waals surface area contributed by atoms with Crippen LogP contribution in [0.4, 0.5) is 0 Å². The fourth-order valence-corrected chi connectivity index (χ4v) is 4.75. The van der Waals surface area contributed by atoms with Gasteiger partial charge in [-0.25, -0.2) is 4.98 Å². The van der Waals surface area contributed by atoms with Gasteiger partial charge in [-0.1, -0.05) is 37.8 Å². The monoisotopic (exact) mass is 578 g/mol. The van der Waals surface area contributed by atoms with Gasteiger partial charge < -0.3 is 25.8 Å². The van der Waals surface area contributed by atoms with Crippen molar-refractivity contribution in [3.8, 4) is 0 Å². The van der Waals surface area contributed by atoms with Crippen LogP contribution in [0.5, 0.6) is 0 Å². The number of amides is 3. The number of pyridine rings is 1. The van der Waals surface area contributed by atoms with Gasteiger partial charge >= 0.3 is 0 Å². The molecule has 10 nitrogen and oxygen atoms in total. The number of aliphatic hydroxyl groups is 1. The third-order valence-electron chi connectivity index (χ3n) is 5.75. The average Bonchev–Trinajstić information content (AvgIpc) is 2.87. The van der Waals surface area contributed by atoms with Gasteiger partial charge in [0.05, 0.1) is 30.8 Å². The lowest BCUT2D eigenvalue weighted by Crippen LogP contribution is -2.51. The smallest absolute Gasteiger partial charge is 0.275 e. The summed E-state index contributed by atoms with van der Waals surface area (Å²) in [5.41, 5.74) is 1.23. The predicted octanol–water partition coefficient (Wildman–Crippen LogP) is 2.92. The number of nitrogens with zero attached hydrogens (tertiary/aromatic N) is 1. The Balaban J connectivity index is 2.44. The van der Waals surface area contributed by atoms with E-state index in [2.05, 4.69) is 20.9 Å². The van der Waals surface area contributed by atoms with Crippen LogP contribution in [0.2, 0.25) is 0 Å². The van der Waals surface area contributed by atoms with Crippen molar-refractivity contribution in [3.63, 3.8) is 0 Å². The van der Waals surface area contributed by atoms with Gasteiger partial charge in [-0.15, -0.1) is 11.8 Å². The topological polar surface area (TPSA) is 147 Å². The summed E-state index contributed by atoms with van der Waals surface area (Å²) in [5, 5.41) is 19.2. The number of aromatic nitrogens is 1. The molecule has 2 bridgehead atoms. The first-order valence-electron chi connectivity index (χ1n) is 12.7. The highest BCUT2D eigenvalue weighted by Gasteiger charge is 2.30. The Morgan fingerprint density at radius 2 is 1.92 bits per heavy atom. The van der Waals surface area contributed by atoms with Crippen LogP contribution in [0.25, 0.3) is 0 Å². The second kappa shape index (κ2) is 15.8. The van der Waals surface area contributed by atoms with Crippen molar-refractivity contribution in [1.29, 1.82) is 0 Å². The van der Waals surface area contributed by atoms with E-state index in [0.717, 1.165) is 0 Å². The molecule has 0 fully saturated rings. The molecule has 3 amide bonds. The standard InChI is InChI=1S/C27H38N4O6S2/c1-15(2)22-25(34)31-23(16(3)4)27(36)37-19(9-7-8-12-39-17(5)32)13-21(33)28-14-18-10-11-20(38-6)24(29-18)26(35)30-22/h7,9-11,16,19,23,27,36H,8,12-14H2,1-6H3,(H,28,33)(H,30,35)(H,31,34)/b9-7+/t19-,23+,27?/m1/s1. The minimum Gasteiger partial charge on any atom is -0.366 e. The zero-order valence-corrected chi connectivity index (χ0v) is 24.8. The molecule has 1 unspecified atom stereocenters. The van der Waals surface area contributed by atoms with Crippen molar-refractivity contribution in [2.24, 2.45) is 5.92 Å². The number of carbonyl (C=O) groups excluding carboxylic acids is 4. The van der Waals surface area contributed by atoms with Crippen molar-refractivity contribution in [2.75, 3.05) is 12.0 Å². The van der Waals surface area contributed by atoms with Crippen molar-refractivity contribution in [1.82, 2.24) is 20.9 Å². The maximum Gasteiger partial charge on any atom is 0.275 e. The summed E-state index contributed by atoms with van der Waals surface area (Å²) < 4.78 is 5.86. The van der Waals surface area contributed by atoms with Crippen molar-refractivity contribution >= 4 is 46.4 Å². The summed E-state index contributed by atoms with van der Waals surface area (Å²) in [7, 11) is 0. The highest BCUT2D eigenvalue weighted by molar-refractivity contribution is 8.13. The van der Waals surface area contributed by atoms with E-state index >= 15 is 0 Å². The first-order chi connectivity index (χ1) is 18.4. The van der Waals surface area contributed by atoms with Crippen LogP contribution >= 0.6 is 23.5 Å². The first-order valence-corrected chi connectivity index (χ1v) is 14.9. The van der Waals surface area contributed by atoms with E-state index < -0.39 is 30.3 Å².